The molecule has 9 nitrogen and oxygen atoms in total. The number of alkyl halides is 3. The van der Waals surface area contributed by atoms with E-state index < -0.39 is 48.0 Å². The molecule has 3 rings (SSSR count). The van der Waals surface area contributed by atoms with Crippen molar-refractivity contribution in [2.45, 2.75) is 39.2 Å². The number of nitrogens with one attached hydrogen (secondary N) is 2. The number of pyridine rings is 2. The number of hydrogen-bond donors (Lipinski definition) is 2. The van der Waals surface area contributed by atoms with Gasteiger partial charge in [-0.05, 0) is 35.7 Å². The summed E-state index contributed by atoms with van der Waals surface area (Å²) in [6.07, 6.45) is -4.57. The van der Waals surface area contributed by atoms with Crippen LogP contribution in [0.25, 0.3) is 11.3 Å². The number of aromatic nitrogens is 2. The van der Waals surface area contributed by atoms with Crippen LogP contribution in [-0.4, -0.2) is 39.6 Å². The molecule has 1 atom stereocenters. The normalized spacial score (nSPS) is 12.1. The molecule has 0 saturated carbocycles. The van der Waals surface area contributed by atoms with Crippen LogP contribution in [0.3, 0.4) is 0 Å². The van der Waals surface area contributed by atoms with Gasteiger partial charge in [0.15, 0.2) is 0 Å². The summed E-state index contributed by atoms with van der Waals surface area (Å²) in [7, 11) is 0. The summed E-state index contributed by atoms with van der Waals surface area (Å²) >= 11 is 0. The van der Waals surface area contributed by atoms with E-state index in [9.17, 15) is 32.3 Å². The van der Waals surface area contributed by atoms with Crippen molar-refractivity contribution in [1.29, 1.82) is 0 Å². The highest BCUT2D eigenvalue weighted by Crippen LogP contribution is 2.22. The molecule has 0 fully saturated rings. The van der Waals surface area contributed by atoms with Crippen molar-refractivity contribution in [3.63, 3.8) is 0 Å². The standard InChI is InChI=1S/C26H25F3N4O5/c1-16(2)22(23(35)26(27,28)29)32-21(34)14-33-20(17-8-4-3-5-9-17)12-11-19(24(33)36)31-25(37)38-15-18-10-6-7-13-30-18/h3-13,16,22H,14-15H2,1-2H3,(H,31,37)(H,32,34). The third-order valence-electron chi connectivity index (χ3n) is 5.40. The number of ether oxygens (including phenoxy) is 1. The first-order valence-corrected chi connectivity index (χ1v) is 11.5. The number of anilines is 1. The predicted octanol–water partition coefficient (Wildman–Crippen LogP) is 3.93. The van der Waals surface area contributed by atoms with E-state index in [1.807, 2.05) is 0 Å². The van der Waals surface area contributed by atoms with Crippen molar-refractivity contribution in [3.8, 4) is 11.3 Å². The summed E-state index contributed by atoms with van der Waals surface area (Å²) in [5.74, 6) is -3.95. The average Bonchev–Trinajstić information content (AvgIpc) is 2.88. The molecule has 1 aromatic carbocycles. The fourth-order valence-corrected chi connectivity index (χ4v) is 3.53. The third-order valence-corrected chi connectivity index (χ3v) is 5.40. The maximum atomic E-state index is 13.3. The fraction of sp³-hybridized carbons (Fsp3) is 0.269. The molecule has 0 spiro atoms. The van der Waals surface area contributed by atoms with Crippen LogP contribution in [0, 0.1) is 5.92 Å². The van der Waals surface area contributed by atoms with Gasteiger partial charge in [0.2, 0.25) is 5.91 Å². The lowest BCUT2D eigenvalue weighted by atomic mass is 9.99. The molecule has 200 valence electrons. The topological polar surface area (TPSA) is 119 Å². The molecule has 12 heteroatoms. The van der Waals surface area contributed by atoms with Crippen LogP contribution in [-0.2, 0) is 27.5 Å². The summed E-state index contributed by atoms with van der Waals surface area (Å²) < 4.78 is 45.1. The molecular weight excluding hydrogens is 505 g/mol. The minimum Gasteiger partial charge on any atom is -0.443 e. The van der Waals surface area contributed by atoms with Gasteiger partial charge < -0.3 is 10.1 Å². The molecule has 2 N–H and O–H groups in total. The molecule has 2 heterocycles. The highest BCUT2D eigenvalue weighted by atomic mass is 19.4. The summed E-state index contributed by atoms with van der Waals surface area (Å²) in [6.45, 7) is 1.85. The molecular formula is C26H25F3N4O5. The monoisotopic (exact) mass is 530 g/mol. The van der Waals surface area contributed by atoms with E-state index in [0.29, 0.717) is 11.3 Å². The largest absolute Gasteiger partial charge is 0.452 e. The van der Waals surface area contributed by atoms with Crippen molar-refractivity contribution in [2.75, 3.05) is 5.32 Å². The number of hydrogen-bond acceptors (Lipinski definition) is 6. The maximum absolute atomic E-state index is 13.3. The van der Waals surface area contributed by atoms with Gasteiger partial charge in [0.25, 0.3) is 11.3 Å². The van der Waals surface area contributed by atoms with Crippen LogP contribution >= 0.6 is 0 Å². The van der Waals surface area contributed by atoms with Gasteiger partial charge in [-0.2, -0.15) is 13.2 Å². The van der Waals surface area contributed by atoms with Crippen molar-refractivity contribution < 1.29 is 32.3 Å². The summed E-state index contributed by atoms with van der Waals surface area (Å²) in [6, 6.07) is 14.5. The smallest absolute Gasteiger partial charge is 0.443 e. The van der Waals surface area contributed by atoms with Gasteiger partial charge in [-0.1, -0.05) is 50.2 Å². The molecule has 38 heavy (non-hydrogen) atoms. The van der Waals surface area contributed by atoms with Gasteiger partial charge in [0, 0.05) is 6.20 Å². The quantitative estimate of drug-likeness (QED) is 0.433. The van der Waals surface area contributed by atoms with Crippen LogP contribution in [0.1, 0.15) is 19.5 Å². The molecule has 0 saturated heterocycles. The van der Waals surface area contributed by atoms with Crippen LogP contribution in [0.5, 0.6) is 0 Å². The molecule has 0 aliphatic carbocycles. The zero-order valence-corrected chi connectivity index (χ0v) is 20.5. The number of amides is 2. The number of benzene rings is 1. The number of carbonyl (C=O) groups excluding carboxylic acids is 3. The zero-order valence-electron chi connectivity index (χ0n) is 20.5. The Morgan fingerprint density at radius 1 is 1.00 bits per heavy atom. The molecule has 0 aliphatic rings. The Morgan fingerprint density at radius 2 is 1.68 bits per heavy atom. The Balaban J connectivity index is 1.87. The summed E-state index contributed by atoms with van der Waals surface area (Å²) in [4.78, 5) is 54.2. The first kappa shape index (κ1) is 28.1. The lowest BCUT2D eigenvalue weighted by Crippen LogP contribution is -2.50. The predicted molar refractivity (Wildman–Crippen MR) is 132 cm³/mol. The Labute approximate surface area is 215 Å². The van der Waals surface area contributed by atoms with Gasteiger partial charge in [0.05, 0.1) is 17.4 Å². The summed E-state index contributed by atoms with van der Waals surface area (Å²) in [5.41, 5.74) is 0.244. The Kier molecular flexibility index (Phi) is 9.00. The first-order chi connectivity index (χ1) is 18.0. The van der Waals surface area contributed by atoms with E-state index in [2.05, 4.69) is 15.6 Å². The van der Waals surface area contributed by atoms with Crippen LogP contribution in [0.15, 0.2) is 71.7 Å². The van der Waals surface area contributed by atoms with Crippen LogP contribution < -0.4 is 16.2 Å². The van der Waals surface area contributed by atoms with Gasteiger partial charge in [-0.3, -0.25) is 29.3 Å². The highest BCUT2D eigenvalue weighted by molar-refractivity contribution is 5.93. The van der Waals surface area contributed by atoms with E-state index in [1.54, 1.807) is 48.5 Å². The maximum Gasteiger partial charge on any atom is 0.452 e. The number of carbonyl (C=O) groups is 3. The first-order valence-electron chi connectivity index (χ1n) is 11.5. The molecule has 0 radical (unpaired) electrons. The molecule has 1 unspecified atom stereocenters. The SMILES string of the molecule is CC(C)C(NC(=O)Cn1c(-c2ccccc2)ccc(NC(=O)OCc2ccccn2)c1=O)C(=O)C(F)(F)F. The van der Waals surface area contributed by atoms with E-state index in [4.69, 9.17) is 4.74 Å². The minimum absolute atomic E-state index is 0.158. The van der Waals surface area contributed by atoms with Crippen molar-refractivity contribution in [3.05, 3.63) is 82.9 Å². The molecule has 2 aromatic heterocycles. The van der Waals surface area contributed by atoms with E-state index in [1.165, 1.54) is 32.2 Å². The summed E-state index contributed by atoms with van der Waals surface area (Å²) in [5, 5.41) is 4.40. The average molecular weight is 531 g/mol. The lowest BCUT2D eigenvalue weighted by Gasteiger charge is -2.23. The lowest BCUT2D eigenvalue weighted by molar-refractivity contribution is -0.174. The number of halogens is 3. The van der Waals surface area contributed by atoms with Gasteiger partial charge in [-0.25, -0.2) is 4.79 Å². The van der Waals surface area contributed by atoms with Crippen LogP contribution in [0.2, 0.25) is 0 Å². The van der Waals surface area contributed by atoms with Crippen molar-refractivity contribution in [2.24, 2.45) is 5.92 Å². The fourth-order valence-electron chi connectivity index (χ4n) is 3.53. The molecule has 2 amide bonds. The third kappa shape index (κ3) is 7.28. The number of nitrogens with zero attached hydrogens (tertiary/aromatic N) is 2. The van der Waals surface area contributed by atoms with Crippen molar-refractivity contribution in [1.82, 2.24) is 14.9 Å². The van der Waals surface area contributed by atoms with Gasteiger partial charge >= 0.3 is 12.3 Å². The number of Topliss-reactive ketones (excluding diaryl/α,β-unsaturated/α-hetero) is 1. The number of ketones is 1. The second kappa shape index (κ2) is 12.2. The minimum atomic E-state index is -5.15. The second-order valence-electron chi connectivity index (χ2n) is 8.56. The molecule has 0 bridgehead atoms. The van der Waals surface area contributed by atoms with Gasteiger partial charge in [0.1, 0.15) is 18.8 Å². The van der Waals surface area contributed by atoms with Gasteiger partial charge in [-0.15, -0.1) is 0 Å². The zero-order chi connectivity index (χ0) is 27.9. The van der Waals surface area contributed by atoms with Crippen LogP contribution in [0.4, 0.5) is 23.7 Å². The Morgan fingerprint density at radius 3 is 2.29 bits per heavy atom. The Hall–Kier alpha value is -4.48. The number of rotatable bonds is 9. The Bertz CT molecular complexity index is 1340. The van der Waals surface area contributed by atoms with E-state index >= 15 is 0 Å². The molecule has 0 aliphatic heterocycles. The van der Waals surface area contributed by atoms with E-state index in [0.717, 1.165) is 4.57 Å². The molecule has 3 aromatic rings. The second-order valence-corrected chi connectivity index (χ2v) is 8.56. The van der Waals surface area contributed by atoms with Crippen molar-refractivity contribution >= 4 is 23.5 Å². The van der Waals surface area contributed by atoms with E-state index in [-0.39, 0.29) is 18.0 Å². The highest BCUT2D eigenvalue weighted by Gasteiger charge is 2.45.